The second-order valence-electron chi connectivity index (χ2n) is 4.01. The van der Waals surface area contributed by atoms with Crippen molar-refractivity contribution in [3.8, 4) is 11.5 Å². The van der Waals surface area contributed by atoms with Crippen LogP contribution in [-0.2, 0) is 6.61 Å². The number of benzene rings is 2. The van der Waals surface area contributed by atoms with Crippen LogP contribution in [0.25, 0.3) is 0 Å². The molecule has 2 aromatic carbocycles. The molecule has 0 radical (unpaired) electrons. The first-order valence-electron chi connectivity index (χ1n) is 5.80. The van der Waals surface area contributed by atoms with Gasteiger partial charge in [-0.25, -0.2) is 4.39 Å². The Morgan fingerprint density at radius 1 is 1.20 bits per heavy atom. The van der Waals surface area contributed by atoms with Crippen molar-refractivity contribution in [3.05, 3.63) is 64.0 Å². The Bertz CT molecular complexity index is 613. The molecule has 20 heavy (non-hydrogen) atoms. The van der Waals surface area contributed by atoms with Gasteiger partial charge in [-0.05, 0) is 29.8 Å². The second kappa shape index (κ2) is 6.01. The topological polar surface area (TPSA) is 61.6 Å². The molecule has 0 amide bonds. The largest absolute Gasteiger partial charge is 0.494 e. The number of rotatable bonds is 5. The van der Waals surface area contributed by atoms with Crippen LogP contribution in [0.15, 0.2) is 42.5 Å². The van der Waals surface area contributed by atoms with Crippen molar-refractivity contribution in [1.82, 2.24) is 0 Å². The summed E-state index contributed by atoms with van der Waals surface area (Å²) in [6.45, 7) is 0.165. The molecule has 0 aliphatic rings. The van der Waals surface area contributed by atoms with Crippen LogP contribution in [0.1, 0.15) is 5.56 Å². The van der Waals surface area contributed by atoms with Gasteiger partial charge in [-0.1, -0.05) is 6.07 Å². The van der Waals surface area contributed by atoms with E-state index in [1.54, 1.807) is 6.07 Å². The van der Waals surface area contributed by atoms with E-state index in [-0.39, 0.29) is 18.0 Å². The van der Waals surface area contributed by atoms with E-state index < -0.39 is 10.7 Å². The van der Waals surface area contributed by atoms with Crippen LogP contribution in [0.5, 0.6) is 11.5 Å². The Kier molecular flexibility index (Phi) is 4.14. The predicted octanol–water partition coefficient (Wildman–Crippen LogP) is 3.32. The zero-order valence-electron chi connectivity index (χ0n) is 10.7. The maximum Gasteiger partial charge on any atom is 0.269 e. The van der Waals surface area contributed by atoms with Crippen LogP contribution in [0.2, 0.25) is 0 Å². The molecule has 0 N–H and O–H groups in total. The molecular formula is C14H12FNO4. The van der Waals surface area contributed by atoms with Crippen molar-refractivity contribution < 1.29 is 18.8 Å². The molecule has 0 fully saturated rings. The third-order valence-corrected chi connectivity index (χ3v) is 2.67. The molecule has 0 atom stereocenters. The van der Waals surface area contributed by atoms with E-state index in [1.165, 1.54) is 43.5 Å². The van der Waals surface area contributed by atoms with Crippen molar-refractivity contribution in [2.24, 2.45) is 0 Å². The molecule has 2 aromatic rings. The molecule has 104 valence electrons. The molecule has 0 heterocycles. The highest BCUT2D eigenvalue weighted by atomic mass is 19.1. The van der Waals surface area contributed by atoms with Gasteiger partial charge in [0.25, 0.3) is 5.69 Å². The second-order valence-corrected chi connectivity index (χ2v) is 4.01. The molecule has 0 aromatic heterocycles. The van der Waals surface area contributed by atoms with Crippen LogP contribution >= 0.6 is 0 Å². The van der Waals surface area contributed by atoms with Gasteiger partial charge in [0.15, 0.2) is 11.6 Å². The minimum atomic E-state index is -0.484. The zero-order valence-corrected chi connectivity index (χ0v) is 10.7. The summed E-state index contributed by atoms with van der Waals surface area (Å²) < 4.78 is 23.7. The van der Waals surface area contributed by atoms with Crippen molar-refractivity contribution in [3.63, 3.8) is 0 Å². The van der Waals surface area contributed by atoms with Gasteiger partial charge in [-0.15, -0.1) is 0 Å². The fraction of sp³-hybridized carbons (Fsp3) is 0.143. The molecule has 6 heteroatoms. The summed E-state index contributed by atoms with van der Waals surface area (Å²) in [6.07, 6.45) is 0. The lowest BCUT2D eigenvalue weighted by molar-refractivity contribution is -0.384. The van der Waals surface area contributed by atoms with Gasteiger partial charge < -0.3 is 9.47 Å². The summed E-state index contributed by atoms with van der Waals surface area (Å²) in [4.78, 5) is 10.0. The highest BCUT2D eigenvalue weighted by molar-refractivity contribution is 5.36. The Morgan fingerprint density at radius 3 is 2.45 bits per heavy atom. The van der Waals surface area contributed by atoms with E-state index in [9.17, 15) is 14.5 Å². The van der Waals surface area contributed by atoms with E-state index >= 15 is 0 Å². The lowest BCUT2D eigenvalue weighted by Gasteiger charge is -2.07. The van der Waals surface area contributed by atoms with E-state index in [4.69, 9.17) is 9.47 Å². The van der Waals surface area contributed by atoms with Crippen molar-refractivity contribution in [2.75, 3.05) is 7.11 Å². The van der Waals surface area contributed by atoms with Crippen LogP contribution in [0.4, 0.5) is 10.1 Å². The van der Waals surface area contributed by atoms with Gasteiger partial charge in [-0.2, -0.15) is 0 Å². The summed E-state index contributed by atoms with van der Waals surface area (Å²) in [7, 11) is 1.39. The molecular weight excluding hydrogens is 265 g/mol. The number of halogens is 1. The normalized spacial score (nSPS) is 10.1. The molecule has 0 saturated heterocycles. The summed E-state index contributed by atoms with van der Waals surface area (Å²) in [5, 5.41) is 10.5. The molecule has 0 aliphatic heterocycles. The Balaban J connectivity index is 2.01. The lowest BCUT2D eigenvalue weighted by atomic mass is 10.2. The van der Waals surface area contributed by atoms with Crippen LogP contribution in [0, 0.1) is 15.9 Å². The third-order valence-electron chi connectivity index (χ3n) is 2.67. The number of nitrogens with zero attached hydrogens (tertiary/aromatic N) is 1. The zero-order chi connectivity index (χ0) is 14.5. The van der Waals surface area contributed by atoms with Crippen LogP contribution in [0.3, 0.4) is 0 Å². The molecule has 0 spiro atoms. The lowest BCUT2D eigenvalue weighted by Crippen LogP contribution is -1.97. The molecule has 5 nitrogen and oxygen atoms in total. The average molecular weight is 277 g/mol. The van der Waals surface area contributed by atoms with Gasteiger partial charge in [0.1, 0.15) is 12.4 Å². The first-order chi connectivity index (χ1) is 9.60. The van der Waals surface area contributed by atoms with Crippen molar-refractivity contribution in [1.29, 1.82) is 0 Å². The van der Waals surface area contributed by atoms with Gasteiger partial charge in [-0.3, -0.25) is 10.1 Å². The van der Waals surface area contributed by atoms with Crippen LogP contribution < -0.4 is 9.47 Å². The van der Waals surface area contributed by atoms with Crippen LogP contribution in [-0.4, -0.2) is 12.0 Å². The smallest absolute Gasteiger partial charge is 0.269 e. The van der Waals surface area contributed by atoms with Crippen molar-refractivity contribution in [2.45, 2.75) is 6.61 Å². The number of nitro benzene ring substituents is 1. The predicted molar refractivity (Wildman–Crippen MR) is 70.4 cm³/mol. The average Bonchev–Trinajstić information content (AvgIpc) is 2.45. The Morgan fingerprint density at radius 2 is 1.90 bits per heavy atom. The quantitative estimate of drug-likeness (QED) is 0.621. The monoisotopic (exact) mass is 277 g/mol. The van der Waals surface area contributed by atoms with Crippen molar-refractivity contribution >= 4 is 5.69 Å². The number of ether oxygens (including phenoxy) is 2. The molecule has 0 unspecified atom stereocenters. The first kappa shape index (κ1) is 13.8. The van der Waals surface area contributed by atoms with Gasteiger partial charge >= 0.3 is 0 Å². The van der Waals surface area contributed by atoms with Gasteiger partial charge in [0.2, 0.25) is 0 Å². The highest BCUT2D eigenvalue weighted by Gasteiger charge is 2.06. The van der Waals surface area contributed by atoms with E-state index in [0.29, 0.717) is 11.3 Å². The first-order valence-corrected chi connectivity index (χ1v) is 5.80. The van der Waals surface area contributed by atoms with Gasteiger partial charge in [0.05, 0.1) is 12.0 Å². The standard InChI is InChI=1S/C14H12FNO4/c1-19-14-7-2-10(8-13(14)15)9-20-12-5-3-11(4-6-12)16(17)18/h2-8H,9H2,1H3. The third kappa shape index (κ3) is 3.23. The number of hydrogen-bond acceptors (Lipinski definition) is 4. The summed E-state index contributed by atoms with van der Waals surface area (Å²) in [5.41, 5.74) is 0.634. The minimum absolute atomic E-state index is 0.00663. The maximum atomic E-state index is 13.5. The van der Waals surface area contributed by atoms with E-state index in [2.05, 4.69) is 0 Å². The molecule has 2 rings (SSSR count). The molecule has 0 aliphatic carbocycles. The fourth-order valence-electron chi connectivity index (χ4n) is 1.63. The summed E-state index contributed by atoms with van der Waals surface area (Å²) in [6, 6.07) is 10.2. The number of non-ortho nitro benzene ring substituents is 1. The maximum absolute atomic E-state index is 13.5. The van der Waals surface area contributed by atoms with Gasteiger partial charge in [0, 0.05) is 12.1 Å². The number of methoxy groups -OCH3 is 1. The number of hydrogen-bond donors (Lipinski definition) is 0. The number of nitro groups is 1. The Hall–Kier alpha value is -2.63. The Labute approximate surface area is 114 Å². The highest BCUT2D eigenvalue weighted by Crippen LogP contribution is 2.21. The summed E-state index contributed by atoms with van der Waals surface area (Å²) in [5.74, 6) is 0.188. The SMILES string of the molecule is COc1ccc(COc2ccc([N+](=O)[O-])cc2)cc1F. The fourth-order valence-corrected chi connectivity index (χ4v) is 1.63. The van der Waals surface area contributed by atoms with E-state index in [1.807, 2.05) is 0 Å². The minimum Gasteiger partial charge on any atom is -0.494 e. The molecule has 0 bridgehead atoms. The van der Waals surface area contributed by atoms with E-state index in [0.717, 1.165) is 0 Å². The molecule has 0 saturated carbocycles. The summed E-state index contributed by atoms with van der Waals surface area (Å²) >= 11 is 0.